The highest BCUT2D eigenvalue weighted by atomic mass is 16.1. The Morgan fingerprint density at radius 1 is 1.00 bits per heavy atom. The van der Waals surface area contributed by atoms with Gasteiger partial charge in [-0.1, -0.05) is 32.0 Å². The Bertz CT molecular complexity index is 1580. The number of rotatable bonds is 4. The molecule has 9 heteroatoms. The van der Waals surface area contributed by atoms with Gasteiger partial charge in [-0.15, -0.1) is 0 Å². The largest absolute Gasteiger partial charge is 0.383 e. The molecule has 4 aromatic heterocycles. The van der Waals surface area contributed by atoms with Crippen LogP contribution in [-0.4, -0.2) is 34.3 Å². The van der Waals surface area contributed by atoms with E-state index < -0.39 is 0 Å². The summed E-state index contributed by atoms with van der Waals surface area (Å²) in [6.45, 7) is 8.17. The summed E-state index contributed by atoms with van der Waals surface area (Å²) in [5.74, 6) is 1.02. The third kappa shape index (κ3) is 3.32. The minimum absolute atomic E-state index is 0.120. The van der Waals surface area contributed by atoms with E-state index in [-0.39, 0.29) is 18.0 Å². The van der Waals surface area contributed by atoms with Crippen LogP contribution in [0.4, 0.5) is 5.82 Å². The van der Waals surface area contributed by atoms with Gasteiger partial charge in [-0.05, 0) is 43.0 Å². The zero-order chi connectivity index (χ0) is 23.3. The Morgan fingerprint density at radius 3 is 2.55 bits per heavy atom. The van der Waals surface area contributed by atoms with Crippen molar-refractivity contribution in [3.8, 4) is 5.69 Å². The van der Waals surface area contributed by atoms with E-state index in [0.29, 0.717) is 28.3 Å². The van der Waals surface area contributed by atoms with Crippen LogP contribution in [-0.2, 0) is 6.54 Å². The first-order chi connectivity index (χ1) is 15.9. The molecule has 0 aliphatic heterocycles. The van der Waals surface area contributed by atoms with Gasteiger partial charge < -0.3 is 5.73 Å². The second kappa shape index (κ2) is 7.77. The second-order valence-electron chi connectivity index (χ2n) is 8.44. The van der Waals surface area contributed by atoms with Crippen molar-refractivity contribution in [3.05, 3.63) is 75.9 Å². The van der Waals surface area contributed by atoms with Gasteiger partial charge in [-0.3, -0.25) is 9.36 Å². The monoisotopic (exact) mass is 440 g/mol. The number of benzene rings is 1. The summed E-state index contributed by atoms with van der Waals surface area (Å²) in [5, 5.41) is 6.02. The van der Waals surface area contributed by atoms with Crippen LogP contribution >= 0.6 is 0 Å². The number of fused-ring (bicyclic) bond motifs is 2. The van der Waals surface area contributed by atoms with Crippen molar-refractivity contribution >= 4 is 27.9 Å². The van der Waals surface area contributed by atoms with Crippen molar-refractivity contribution in [2.75, 3.05) is 5.73 Å². The summed E-state index contributed by atoms with van der Waals surface area (Å²) in [4.78, 5) is 31.5. The molecule has 5 aromatic rings. The third-order valence-corrected chi connectivity index (χ3v) is 5.83. The lowest BCUT2D eigenvalue weighted by Crippen LogP contribution is -2.27. The van der Waals surface area contributed by atoms with Crippen LogP contribution in [0.15, 0.2) is 47.7 Å². The molecular formula is C24H24N8O. The lowest BCUT2D eigenvalue weighted by molar-refractivity contribution is 0.629. The molecular weight excluding hydrogens is 416 g/mol. The van der Waals surface area contributed by atoms with Gasteiger partial charge in [0.15, 0.2) is 11.3 Å². The number of nitrogen functional groups attached to an aromatic ring is 1. The van der Waals surface area contributed by atoms with Gasteiger partial charge in [-0.2, -0.15) is 5.10 Å². The lowest BCUT2D eigenvalue weighted by atomic mass is 10.1. The average Bonchev–Trinajstić information content (AvgIpc) is 3.15. The van der Waals surface area contributed by atoms with E-state index in [1.54, 1.807) is 15.4 Å². The van der Waals surface area contributed by atoms with Gasteiger partial charge >= 0.3 is 0 Å². The predicted molar refractivity (Wildman–Crippen MR) is 128 cm³/mol. The number of aryl methyl sites for hydroxylation is 2. The molecule has 1 aromatic carbocycles. The molecule has 5 rings (SSSR count). The normalized spacial score (nSPS) is 11.7. The first kappa shape index (κ1) is 20.7. The number of nitrogens with two attached hydrogens (primary N) is 1. The molecule has 0 amide bonds. The summed E-state index contributed by atoms with van der Waals surface area (Å²) in [6.07, 6.45) is 3.09. The standard InChI is InChI=1S/C24H24N8O/c1-13(2)20-19-21(25)27-12-28-23(19)31(30-20)11-17-29-22-18(15(4)9-10-26-22)24(33)32(17)16-8-6-5-7-14(16)3/h5-10,12-13H,11H2,1-4H3,(H2,25,27,28). The van der Waals surface area contributed by atoms with Gasteiger partial charge in [0.2, 0.25) is 0 Å². The number of hydrogen-bond donors (Lipinski definition) is 1. The van der Waals surface area contributed by atoms with Crippen molar-refractivity contribution in [1.82, 2.24) is 34.3 Å². The number of pyridine rings is 1. The quantitative estimate of drug-likeness (QED) is 0.456. The van der Waals surface area contributed by atoms with Crippen LogP contribution in [0.3, 0.4) is 0 Å². The number of hydrogen-bond acceptors (Lipinski definition) is 7. The predicted octanol–water partition coefficient (Wildman–Crippen LogP) is 3.29. The van der Waals surface area contributed by atoms with Crippen LogP contribution in [0.2, 0.25) is 0 Å². The molecule has 9 nitrogen and oxygen atoms in total. The van der Waals surface area contributed by atoms with Crippen molar-refractivity contribution in [2.24, 2.45) is 0 Å². The number of nitrogens with zero attached hydrogens (tertiary/aromatic N) is 7. The first-order valence-corrected chi connectivity index (χ1v) is 10.8. The smallest absolute Gasteiger partial charge is 0.267 e. The van der Waals surface area contributed by atoms with Gasteiger partial charge in [0, 0.05) is 6.20 Å². The fourth-order valence-electron chi connectivity index (χ4n) is 4.17. The fraction of sp³-hybridized carbons (Fsp3) is 0.250. The highest BCUT2D eigenvalue weighted by Crippen LogP contribution is 2.27. The number of para-hydroxylation sites is 1. The fourth-order valence-corrected chi connectivity index (χ4v) is 4.17. The summed E-state index contributed by atoms with van der Waals surface area (Å²) in [6, 6.07) is 9.57. The molecule has 0 fully saturated rings. The zero-order valence-corrected chi connectivity index (χ0v) is 18.9. The molecule has 0 atom stereocenters. The Hall–Kier alpha value is -4.14. The van der Waals surface area contributed by atoms with Crippen LogP contribution in [0.25, 0.3) is 27.8 Å². The van der Waals surface area contributed by atoms with Gasteiger partial charge in [0.25, 0.3) is 5.56 Å². The molecule has 166 valence electrons. The highest BCUT2D eigenvalue weighted by Gasteiger charge is 2.21. The Morgan fingerprint density at radius 2 is 1.79 bits per heavy atom. The molecule has 33 heavy (non-hydrogen) atoms. The molecule has 0 spiro atoms. The van der Waals surface area contributed by atoms with Crippen molar-refractivity contribution in [2.45, 2.75) is 40.2 Å². The minimum Gasteiger partial charge on any atom is -0.383 e. The Labute approximate surface area is 190 Å². The minimum atomic E-state index is -0.162. The molecule has 0 saturated heterocycles. The molecule has 0 bridgehead atoms. The molecule has 0 unspecified atom stereocenters. The van der Waals surface area contributed by atoms with E-state index in [2.05, 4.69) is 15.0 Å². The second-order valence-corrected chi connectivity index (χ2v) is 8.44. The summed E-state index contributed by atoms with van der Waals surface area (Å²) < 4.78 is 3.39. The van der Waals surface area contributed by atoms with Crippen LogP contribution in [0, 0.1) is 13.8 Å². The van der Waals surface area contributed by atoms with E-state index in [1.165, 1.54) is 6.33 Å². The van der Waals surface area contributed by atoms with E-state index in [0.717, 1.165) is 27.9 Å². The van der Waals surface area contributed by atoms with E-state index in [4.69, 9.17) is 15.8 Å². The molecule has 4 heterocycles. The Kier molecular flexibility index (Phi) is 4.88. The topological polar surface area (TPSA) is 117 Å². The van der Waals surface area contributed by atoms with Gasteiger partial charge in [0.05, 0.1) is 22.2 Å². The molecule has 0 aliphatic rings. The van der Waals surface area contributed by atoms with E-state index in [1.807, 2.05) is 58.0 Å². The summed E-state index contributed by atoms with van der Waals surface area (Å²) in [5.41, 5.74) is 10.4. The van der Waals surface area contributed by atoms with Crippen LogP contribution < -0.4 is 11.3 Å². The highest BCUT2D eigenvalue weighted by molar-refractivity contribution is 5.88. The van der Waals surface area contributed by atoms with Gasteiger partial charge in [0.1, 0.15) is 24.5 Å². The number of aromatic nitrogens is 7. The summed E-state index contributed by atoms with van der Waals surface area (Å²) >= 11 is 0. The van der Waals surface area contributed by atoms with Crippen molar-refractivity contribution in [1.29, 1.82) is 0 Å². The molecule has 2 N–H and O–H groups in total. The molecule has 0 radical (unpaired) electrons. The maximum Gasteiger partial charge on any atom is 0.267 e. The zero-order valence-electron chi connectivity index (χ0n) is 18.9. The van der Waals surface area contributed by atoms with E-state index in [9.17, 15) is 4.79 Å². The third-order valence-electron chi connectivity index (χ3n) is 5.83. The first-order valence-electron chi connectivity index (χ1n) is 10.8. The van der Waals surface area contributed by atoms with Crippen LogP contribution in [0.1, 0.15) is 42.4 Å². The molecule has 0 saturated carbocycles. The lowest BCUT2D eigenvalue weighted by Gasteiger charge is -2.16. The summed E-state index contributed by atoms with van der Waals surface area (Å²) in [7, 11) is 0. The maximum absolute atomic E-state index is 13.8. The van der Waals surface area contributed by atoms with Crippen molar-refractivity contribution in [3.63, 3.8) is 0 Å². The SMILES string of the molecule is Cc1ccccc1-n1c(Cn2nc(C(C)C)c3c(N)ncnc32)nc2nccc(C)c2c1=O. The van der Waals surface area contributed by atoms with Crippen molar-refractivity contribution < 1.29 is 0 Å². The Balaban J connectivity index is 1.81. The average molecular weight is 441 g/mol. The number of anilines is 1. The maximum atomic E-state index is 13.8. The van der Waals surface area contributed by atoms with E-state index >= 15 is 0 Å². The molecule has 0 aliphatic carbocycles. The van der Waals surface area contributed by atoms with Gasteiger partial charge in [-0.25, -0.2) is 24.6 Å². The van der Waals surface area contributed by atoms with Crippen LogP contribution in [0.5, 0.6) is 0 Å².